The lowest BCUT2D eigenvalue weighted by molar-refractivity contribution is 0.725. The Balaban J connectivity index is 2.23. The predicted molar refractivity (Wildman–Crippen MR) is 41.9 cm³/mol. The van der Waals surface area contributed by atoms with E-state index in [-0.39, 0.29) is 0 Å². The molecule has 0 aromatic rings. The second-order valence-electron chi connectivity index (χ2n) is 2.59. The van der Waals surface area contributed by atoms with Crippen LogP contribution in [-0.2, 0) is 0 Å². The summed E-state index contributed by atoms with van der Waals surface area (Å²) in [6.07, 6.45) is 10.4. The first-order valence-electron chi connectivity index (χ1n) is 3.58. The highest BCUT2D eigenvalue weighted by Crippen LogP contribution is 2.21. The van der Waals surface area contributed by atoms with E-state index in [2.05, 4.69) is 28.7 Å². The lowest BCUT2D eigenvalue weighted by Crippen LogP contribution is -2.20. The zero-order valence-corrected chi connectivity index (χ0v) is 5.75. The van der Waals surface area contributed by atoms with E-state index in [0.29, 0.717) is 6.04 Å². The number of nitrogens with one attached hydrogen (secondary N) is 1. The lowest BCUT2D eigenvalue weighted by Gasteiger charge is -2.20. The minimum Gasteiger partial charge on any atom is -0.353 e. The van der Waals surface area contributed by atoms with Gasteiger partial charge in [-0.15, -0.1) is 0 Å². The molecule has 10 heavy (non-hydrogen) atoms. The third kappa shape index (κ3) is 0.856. The van der Waals surface area contributed by atoms with Crippen molar-refractivity contribution in [1.82, 2.24) is 5.32 Å². The van der Waals surface area contributed by atoms with Gasteiger partial charge < -0.3 is 5.32 Å². The van der Waals surface area contributed by atoms with Crippen LogP contribution in [0.4, 0.5) is 0 Å². The molecule has 0 saturated carbocycles. The number of allylic oxidation sites excluding steroid dienone is 1. The van der Waals surface area contributed by atoms with Crippen LogP contribution in [0.2, 0.25) is 0 Å². The summed E-state index contributed by atoms with van der Waals surface area (Å²) < 4.78 is 0. The van der Waals surface area contributed by atoms with Crippen LogP contribution in [0.1, 0.15) is 12.8 Å². The van der Waals surface area contributed by atoms with Crippen LogP contribution in [0.25, 0.3) is 0 Å². The van der Waals surface area contributed by atoms with Crippen molar-refractivity contribution in [2.24, 2.45) is 4.99 Å². The first-order chi connectivity index (χ1) is 4.97. The molecule has 2 heteroatoms. The largest absolute Gasteiger partial charge is 0.353 e. The first-order valence-corrected chi connectivity index (χ1v) is 3.58. The Morgan fingerprint density at radius 3 is 3.40 bits per heavy atom. The van der Waals surface area contributed by atoms with Crippen molar-refractivity contribution in [1.29, 1.82) is 0 Å². The standard InChI is InChI=1S/C8H10N2/c1-2-4-8-7(3-1)5-9-6-10-8/h1-2,5-6,8H,3-4H2,(H,9,10). The molecule has 2 rings (SSSR count). The summed E-state index contributed by atoms with van der Waals surface area (Å²) >= 11 is 0. The molecule has 1 aliphatic heterocycles. The van der Waals surface area contributed by atoms with E-state index >= 15 is 0 Å². The molecule has 1 atom stereocenters. The van der Waals surface area contributed by atoms with E-state index < -0.39 is 0 Å². The second-order valence-corrected chi connectivity index (χ2v) is 2.59. The van der Waals surface area contributed by atoms with Crippen LogP contribution in [0, 0.1) is 0 Å². The van der Waals surface area contributed by atoms with Gasteiger partial charge >= 0.3 is 0 Å². The number of nitrogens with zero attached hydrogens (tertiary/aromatic N) is 1. The number of fused-ring (bicyclic) bond motifs is 1. The van der Waals surface area contributed by atoms with Gasteiger partial charge in [0.2, 0.25) is 0 Å². The number of hydrogen-bond donors (Lipinski definition) is 1. The summed E-state index contributed by atoms with van der Waals surface area (Å²) in [4.78, 5) is 4.30. The zero-order chi connectivity index (χ0) is 6.81. The summed E-state index contributed by atoms with van der Waals surface area (Å²) in [7, 11) is 0. The van der Waals surface area contributed by atoms with E-state index in [1.54, 1.807) is 6.34 Å². The van der Waals surface area contributed by atoms with Crippen molar-refractivity contribution in [2.75, 3.05) is 0 Å². The Labute approximate surface area is 60.3 Å². The number of hydrogen-bond acceptors (Lipinski definition) is 2. The Bertz CT molecular complexity index is 213. The van der Waals surface area contributed by atoms with Gasteiger partial charge in [0.25, 0.3) is 0 Å². The van der Waals surface area contributed by atoms with Gasteiger partial charge in [-0.05, 0) is 18.4 Å². The molecule has 0 aromatic heterocycles. The minimum atomic E-state index is 0.436. The zero-order valence-electron chi connectivity index (χ0n) is 5.75. The van der Waals surface area contributed by atoms with E-state index in [9.17, 15) is 0 Å². The van der Waals surface area contributed by atoms with Gasteiger partial charge in [-0.3, -0.25) is 4.99 Å². The fourth-order valence-corrected chi connectivity index (χ4v) is 1.32. The lowest BCUT2D eigenvalue weighted by atomic mass is 9.96. The molecule has 0 bridgehead atoms. The third-order valence-electron chi connectivity index (χ3n) is 1.91. The topological polar surface area (TPSA) is 24.4 Å². The Hall–Kier alpha value is -1.05. The molecule has 0 spiro atoms. The monoisotopic (exact) mass is 134 g/mol. The van der Waals surface area contributed by atoms with Gasteiger partial charge in [0.15, 0.2) is 0 Å². The highest BCUT2D eigenvalue weighted by atomic mass is 15.0. The first kappa shape index (κ1) is 5.71. The molecule has 0 amide bonds. The molecular weight excluding hydrogens is 124 g/mol. The van der Waals surface area contributed by atoms with Crippen molar-refractivity contribution >= 4 is 6.34 Å². The highest BCUT2D eigenvalue weighted by molar-refractivity contribution is 5.59. The molecule has 2 aliphatic rings. The summed E-state index contributed by atoms with van der Waals surface area (Å²) in [5.74, 6) is 0. The van der Waals surface area contributed by atoms with Gasteiger partial charge in [-0.25, -0.2) is 0 Å². The van der Waals surface area contributed by atoms with Crippen molar-refractivity contribution in [3.8, 4) is 0 Å². The highest BCUT2D eigenvalue weighted by Gasteiger charge is 2.14. The van der Waals surface area contributed by atoms with Crippen LogP contribution in [0.5, 0.6) is 0 Å². The SMILES string of the molecule is C1=CCC2N=CNC=C2C1. The van der Waals surface area contributed by atoms with Crippen LogP contribution < -0.4 is 5.32 Å². The predicted octanol–water partition coefficient (Wildman–Crippen LogP) is 1.22. The Morgan fingerprint density at radius 2 is 2.50 bits per heavy atom. The van der Waals surface area contributed by atoms with Gasteiger partial charge in [-0.1, -0.05) is 12.2 Å². The molecule has 1 unspecified atom stereocenters. The van der Waals surface area contributed by atoms with Crippen molar-refractivity contribution < 1.29 is 0 Å². The molecule has 1 heterocycles. The van der Waals surface area contributed by atoms with E-state index in [1.165, 1.54) is 5.57 Å². The smallest absolute Gasteiger partial charge is 0.0870 e. The maximum absolute atomic E-state index is 4.30. The van der Waals surface area contributed by atoms with Crippen molar-refractivity contribution in [2.45, 2.75) is 18.9 Å². The average molecular weight is 134 g/mol. The van der Waals surface area contributed by atoms with Crippen molar-refractivity contribution in [3.05, 3.63) is 23.9 Å². The summed E-state index contributed by atoms with van der Waals surface area (Å²) in [6, 6.07) is 0.436. The molecule has 0 fully saturated rings. The molecule has 52 valence electrons. The molecule has 0 aromatic carbocycles. The molecular formula is C8H10N2. The summed E-state index contributed by atoms with van der Waals surface area (Å²) in [6.45, 7) is 0. The maximum atomic E-state index is 4.30. The molecule has 2 nitrogen and oxygen atoms in total. The quantitative estimate of drug-likeness (QED) is 0.495. The van der Waals surface area contributed by atoms with E-state index in [4.69, 9.17) is 0 Å². The molecule has 1 N–H and O–H groups in total. The summed E-state index contributed by atoms with van der Waals surface area (Å²) in [5.41, 5.74) is 1.41. The van der Waals surface area contributed by atoms with Crippen LogP contribution in [-0.4, -0.2) is 12.4 Å². The minimum absolute atomic E-state index is 0.436. The van der Waals surface area contributed by atoms with Gasteiger partial charge in [0.05, 0.1) is 12.4 Å². The summed E-state index contributed by atoms with van der Waals surface area (Å²) in [5, 5.41) is 3.00. The molecule has 1 aliphatic carbocycles. The number of rotatable bonds is 0. The number of aliphatic imine (C=N–C) groups is 1. The fourth-order valence-electron chi connectivity index (χ4n) is 1.32. The van der Waals surface area contributed by atoms with Crippen molar-refractivity contribution in [3.63, 3.8) is 0 Å². The molecule has 0 saturated heterocycles. The maximum Gasteiger partial charge on any atom is 0.0870 e. The Morgan fingerprint density at radius 1 is 1.50 bits per heavy atom. The van der Waals surface area contributed by atoms with Gasteiger partial charge in [0, 0.05) is 6.20 Å². The normalized spacial score (nSPS) is 28.8. The fraction of sp³-hybridized carbons (Fsp3) is 0.375. The second kappa shape index (κ2) is 2.29. The average Bonchev–Trinajstić information content (AvgIpc) is 2.05. The van der Waals surface area contributed by atoms with Crippen LogP contribution >= 0.6 is 0 Å². The van der Waals surface area contributed by atoms with Gasteiger partial charge in [0.1, 0.15) is 0 Å². The van der Waals surface area contributed by atoms with E-state index in [0.717, 1.165) is 12.8 Å². The molecule has 0 radical (unpaired) electrons. The van der Waals surface area contributed by atoms with Crippen LogP contribution in [0.15, 0.2) is 28.9 Å². The van der Waals surface area contributed by atoms with Gasteiger partial charge in [-0.2, -0.15) is 0 Å². The third-order valence-corrected chi connectivity index (χ3v) is 1.91. The Kier molecular flexibility index (Phi) is 1.31. The van der Waals surface area contributed by atoms with Crippen LogP contribution in [0.3, 0.4) is 0 Å². The van der Waals surface area contributed by atoms with E-state index in [1.807, 2.05) is 0 Å².